The number of nitrogens with zero attached hydrogens (tertiary/aromatic N) is 2. The van der Waals surface area contributed by atoms with Gasteiger partial charge in [0.15, 0.2) is 0 Å². The van der Waals surface area contributed by atoms with Gasteiger partial charge >= 0.3 is 10.1 Å². The highest BCUT2D eigenvalue weighted by Crippen LogP contribution is 2.27. The summed E-state index contributed by atoms with van der Waals surface area (Å²) in [5, 5.41) is 13.3. The van der Waals surface area contributed by atoms with Crippen LogP contribution in [0.4, 0.5) is 0 Å². The van der Waals surface area contributed by atoms with Crippen molar-refractivity contribution in [1.82, 2.24) is 0 Å². The van der Waals surface area contributed by atoms with Crippen molar-refractivity contribution in [3.05, 3.63) is 53.1 Å². The van der Waals surface area contributed by atoms with Crippen LogP contribution in [0.25, 0.3) is 5.57 Å². The molecule has 5 nitrogen and oxygen atoms in total. The van der Waals surface area contributed by atoms with Crippen molar-refractivity contribution >= 4 is 21.4 Å². The van der Waals surface area contributed by atoms with Crippen LogP contribution in [0.1, 0.15) is 30.9 Å². The summed E-state index contributed by atoms with van der Waals surface area (Å²) < 4.78 is 28.0. The van der Waals surface area contributed by atoms with Crippen LogP contribution < -0.4 is 0 Å². The molecular formula is C17H18N2O3S. The van der Waals surface area contributed by atoms with E-state index in [0.29, 0.717) is 29.7 Å². The molecule has 0 N–H and O–H groups in total. The first-order valence-corrected chi connectivity index (χ1v) is 8.91. The molecule has 120 valence electrons. The van der Waals surface area contributed by atoms with Crippen molar-refractivity contribution in [2.24, 2.45) is 5.16 Å². The number of nitriles is 1. The highest BCUT2D eigenvalue weighted by atomic mass is 32.2. The van der Waals surface area contributed by atoms with E-state index in [2.05, 4.69) is 11.2 Å². The molecule has 0 radical (unpaired) electrons. The maximum absolute atomic E-state index is 11.6. The van der Waals surface area contributed by atoms with Gasteiger partial charge in [0.25, 0.3) is 0 Å². The van der Waals surface area contributed by atoms with Crippen molar-refractivity contribution in [3.8, 4) is 6.07 Å². The number of allylic oxidation sites excluding steroid dienone is 4. The Morgan fingerprint density at radius 3 is 2.78 bits per heavy atom. The molecule has 0 saturated heterocycles. The third-order valence-electron chi connectivity index (χ3n) is 3.42. The summed E-state index contributed by atoms with van der Waals surface area (Å²) >= 11 is 0. The monoisotopic (exact) mass is 330 g/mol. The minimum atomic E-state index is -3.67. The van der Waals surface area contributed by atoms with Crippen LogP contribution in [0.5, 0.6) is 0 Å². The number of rotatable bonds is 5. The Labute approximate surface area is 136 Å². The van der Waals surface area contributed by atoms with Gasteiger partial charge in [-0.05, 0) is 24.5 Å². The first kappa shape index (κ1) is 17.0. The molecule has 0 fully saturated rings. The first-order chi connectivity index (χ1) is 11.0. The highest BCUT2D eigenvalue weighted by Gasteiger charge is 2.19. The number of oxime groups is 1. The predicted molar refractivity (Wildman–Crippen MR) is 90.1 cm³/mol. The molecule has 23 heavy (non-hydrogen) atoms. The van der Waals surface area contributed by atoms with E-state index in [1.54, 1.807) is 13.0 Å². The second-order valence-electron chi connectivity index (χ2n) is 5.20. The van der Waals surface area contributed by atoms with E-state index >= 15 is 0 Å². The van der Waals surface area contributed by atoms with E-state index in [9.17, 15) is 13.7 Å². The lowest BCUT2D eigenvalue weighted by atomic mass is 9.96. The van der Waals surface area contributed by atoms with E-state index in [-0.39, 0.29) is 5.75 Å². The van der Waals surface area contributed by atoms with Gasteiger partial charge in [-0.2, -0.15) is 13.7 Å². The fraction of sp³-hybridized carbons (Fsp3) is 0.294. The summed E-state index contributed by atoms with van der Waals surface area (Å²) in [6.07, 6.45) is 4.51. The predicted octanol–water partition coefficient (Wildman–Crippen LogP) is 3.34. The van der Waals surface area contributed by atoms with E-state index in [1.165, 1.54) is 0 Å². The molecule has 0 aromatic heterocycles. The molecule has 6 heteroatoms. The third kappa shape index (κ3) is 4.08. The van der Waals surface area contributed by atoms with Gasteiger partial charge in [-0.3, -0.25) is 4.28 Å². The zero-order chi connectivity index (χ0) is 16.9. The van der Waals surface area contributed by atoms with Gasteiger partial charge in [0.2, 0.25) is 0 Å². The molecule has 1 aromatic carbocycles. The van der Waals surface area contributed by atoms with Crippen LogP contribution in [0.3, 0.4) is 0 Å². The van der Waals surface area contributed by atoms with E-state index < -0.39 is 10.1 Å². The smallest absolute Gasteiger partial charge is 0.268 e. The van der Waals surface area contributed by atoms with Crippen LogP contribution in [0.15, 0.2) is 47.1 Å². The molecule has 0 saturated carbocycles. The molecule has 0 spiro atoms. The van der Waals surface area contributed by atoms with Crippen molar-refractivity contribution in [3.63, 3.8) is 0 Å². The second-order valence-corrected chi connectivity index (χ2v) is 6.87. The average Bonchev–Trinajstić information content (AvgIpc) is 2.96. The van der Waals surface area contributed by atoms with Crippen molar-refractivity contribution in [2.45, 2.75) is 26.7 Å². The molecule has 2 rings (SSSR count). The Hall–Kier alpha value is -2.39. The molecule has 1 aliphatic rings. The number of hydrogen-bond acceptors (Lipinski definition) is 5. The Balaban J connectivity index is 2.42. The van der Waals surface area contributed by atoms with Crippen LogP contribution in [0, 0.1) is 18.3 Å². The van der Waals surface area contributed by atoms with Crippen LogP contribution in [0.2, 0.25) is 0 Å². The van der Waals surface area contributed by atoms with Gasteiger partial charge in [0, 0.05) is 12.0 Å². The van der Waals surface area contributed by atoms with Gasteiger partial charge < -0.3 is 0 Å². The zero-order valence-corrected chi connectivity index (χ0v) is 13.9. The van der Waals surface area contributed by atoms with E-state index in [0.717, 1.165) is 11.1 Å². The SMILES string of the molecule is CCCS(=O)(=O)O/N=C1\CC=C\C1=C(\C#N)c1ccccc1C. The Kier molecular flexibility index (Phi) is 5.35. The Morgan fingerprint density at radius 2 is 2.13 bits per heavy atom. The van der Waals surface area contributed by atoms with Crippen molar-refractivity contribution in [2.75, 3.05) is 5.75 Å². The highest BCUT2D eigenvalue weighted by molar-refractivity contribution is 7.86. The zero-order valence-electron chi connectivity index (χ0n) is 13.1. The third-order valence-corrected chi connectivity index (χ3v) is 4.63. The number of benzene rings is 1. The summed E-state index contributed by atoms with van der Waals surface area (Å²) in [5.74, 6) is -0.0842. The molecule has 0 amide bonds. The quantitative estimate of drug-likeness (QED) is 0.612. The lowest BCUT2D eigenvalue weighted by Gasteiger charge is -2.08. The summed E-state index contributed by atoms with van der Waals surface area (Å²) in [4.78, 5) is 0. The van der Waals surface area contributed by atoms with Crippen LogP contribution in [-0.2, 0) is 14.4 Å². The minimum absolute atomic E-state index is 0.0842. The number of hydrogen-bond donors (Lipinski definition) is 0. The van der Waals surface area contributed by atoms with Gasteiger partial charge in [0.05, 0.1) is 17.0 Å². The summed E-state index contributed by atoms with van der Waals surface area (Å²) in [6, 6.07) is 9.74. The molecule has 1 aromatic rings. The fourth-order valence-corrected chi connectivity index (χ4v) is 3.09. The molecule has 0 unspecified atom stereocenters. The lowest BCUT2D eigenvalue weighted by molar-refractivity contribution is 0.338. The van der Waals surface area contributed by atoms with Crippen LogP contribution in [-0.4, -0.2) is 19.9 Å². The number of aryl methyl sites for hydroxylation is 1. The van der Waals surface area contributed by atoms with Gasteiger partial charge in [0.1, 0.15) is 6.07 Å². The molecule has 0 atom stereocenters. The van der Waals surface area contributed by atoms with Crippen LogP contribution >= 0.6 is 0 Å². The van der Waals surface area contributed by atoms with E-state index in [4.69, 9.17) is 4.28 Å². The first-order valence-electron chi connectivity index (χ1n) is 7.34. The Morgan fingerprint density at radius 1 is 1.39 bits per heavy atom. The topological polar surface area (TPSA) is 79.5 Å². The lowest BCUT2D eigenvalue weighted by Crippen LogP contribution is -2.09. The molecule has 0 heterocycles. The van der Waals surface area contributed by atoms with Gasteiger partial charge in [-0.25, -0.2) is 0 Å². The normalized spacial score (nSPS) is 18.0. The minimum Gasteiger partial charge on any atom is -0.268 e. The summed E-state index contributed by atoms with van der Waals surface area (Å²) in [7, 11) is -3.67. The summed E-state index contributed by atoms with van der Waals surface area (Å²) in [5.41, 5.74) is 3.29. The molecular weight excluding hydrogens is 312 g/mol. The van der Waals surface area contributed by atoms with Crippen molar-refractivity contribution < 1.29 is 12.7 Å². The fourth-order valence-electron chi connectivity index (χ4n) is 2.32. The second kappa shape index (κ2) is 7.25. The van der Waals surface area contributed by atoms with Crippen molar-refractivity contribution in [1.29, 1.82) is 5.26 Å². The molecule has 0 aliphatic heterocycles. The maximum Gasteiger partial charge on any atom is 0.328 e. The standard InChI is InChI=1S/C17H18N2O3S/c1-3-11-23(20,21)22-19-17-10-6-9-15(17)16(12-18)14-8-5-4-7-13(14)2/h4-9H,3,10-11H2,1-2H3/b16-15+,19-17+. The van der Waals surface area contributed by atoms with E-state index in [1.807, 2.05) is 37.3 Å². The van der Waals surface area contributed by atoms with Gasteiger partial charge in [-0.1, -0.05) is 48.5 Å². The molecule has 0 bridgehead atoms. The molecule has 1 aliphatic carbocycles. The van der Waals surface area contributed by atoms with Gasteiger partial charge in [-0.15, -0.1) is 0 Å². The Bertz CT molecular complexity index is 828. The largest absolute Gasteiger partial charge is 0.328 e. The summed E-state index contributed by atoms with van der Waals surface area (Å²) in [6.45, 7) is 3.67. The average molecular weight is 330 g/mol. The maximum atomic E-state index is 11.6.